The van der Waals surface area contributed by atoms with Crippen LogP contribution in [0.1, 0.15) is 43.2 Å². The first kappa shape index (κ1) is 14.1. The van der Waals surface area contributed by atoms with E-state index in [1.165, 1.54) is 0 Å². The van der Waals surface area contributed by atoms with Crippen molar-refractivity contribution in [2.75, 3.05) is 0 Å². The Kier molecular flexibility index (Phi) is 4.01. The van der Waals surface area contributed by atoms with E-state index in [1.807, 2.05) is 33.1 Å². The number of aromatic nitrogens is 3. The van der Waals surface area contributed by atoms with Crippen molar-refractivity contribution in [2.24, 2.45) is 5.41 Å². The van der Waals surface area contributed by atoms with Gasteiger partial charge in [-0.3, -0.25) is 0 Å². The van der Waals surface area contributed by atoms with Crippen molar-refractivity contribution in [3.8, 4) is 0 Å². The molecule has 0 aromatic carbocycles. The van der Waals surface area contributed by atoms with E-state index < -0.39 is 6.10 Å². The summed E-state index contributed by atoms with van der Waals surface area (Å²) in [6.45, 7) is 7.90. The SMILES string of the molecule is Cc1csc(Cc2noc(CC(O)C(C)(C)C)n2)n1. The Morgan fingerprint density at radius 1 is 1.37 bits per heavy atom. The Labute approximate surface area is 116 Å². The average Bonchev–Trinajstić information content (AvgIpc) is 2.88. The highest BCUT2D eigenvalue weighted by Crippen LogP contribution is 2.22. The predicted molar refractivity (Wildman–Crippen MR) is 73.1 cm³/mol. The molecule has 0 aliphatic heterocycles. The molecule has 2 aromatic rings. The predicted octanol–water partition coefficient (Wildman–Crippen LogP) is 2.37. The van der Waals surface area contributed by atoms with Gasteiger partial charge >= 0.3 is 0 Å². The quantitative estimate of drug-likeness (QED) is 0.931. The van der Waals surface area contributed by atoms with Gasteiger partial charge in [-0.15, -0.1) is 11.3 Å². The molecule has 19 heavy (non-hydrogen) atoms. The summed E-state index contributed by atoms with van der Waals surface area (Å²) in [5, 5.41) is 16.9. The average molecular weight is 281 g/mol. The summed E-state index contributed by atoms with van der Waals surface area (Å²) in [6, 6.07) is 0. The molecule has 0 aliphatic carbocycles. The minimum absolute atomic E-state index is 0.193. The normalized spacial score (nSPS) is 13.7. The molecule has 5 nitrogen and oxygen atoms in total. The van der Waals surface area contributed by atoms with Crippen LogP contribution in [0.5, 0.6) is 0 Å². The van der Waals surface area contributed by atoms with E-state index in [2.05, 4.69) is 15.1 Å². The molecule has 0 saturated heterocycles. The van der Waals surface area contributed by atoms with Crippen LogP contribution in [0.2, 0.25) is 0 Å². The number of thiazole rings is 1. The number of rotatable bonds is 4. The van der Waals surface area contributed by atoms with E-state index in [4.69, 9.17) is 4.52 Å². The Morgan fingerprint density at radius 3 is 2.68 bits per heavy atom. The van der Waals surface area contributed by atoms with Gasteiger partial charge in [-0.05, 0) is 12.3 Å². The Bertz CT molecular complexity index is 542. The summed E-state index contributed by atoms with van der Waals surface area (Å²) in [7, 11) is 0. The molecule has 0 radical (unpaired) electrons. The maximum Gasteiger partial charge on any atom is 0.229 e. The van der Waals surface area contributed by atoms with E-state index in [1.54, 1.807) is 11.3 Å². The Morgan fingerprint density at radius 2 is 2.11 bits per heavy atom. The highest BCUT2D eigenvalue weighted by Gasteiger charge is 2.24. The van der Waals surface area contributed by atoms with E-state index in [9.17, 15) is 5.11 Å². The molecule has 2 aromatic heterocycles. The lowest BCUT2D eigenvalue weighted by atomic mass is 9.87. The summed E-state index contributed by atoms with van der Waals surface area (Å²) < 4.78 is 5.17. The standard InChI is InChI=1S/C13H19N3O2S/c1-8-7-19-12(14-8)6-10-15-11(18-16-10)5-9(17)13(2,3)4/h7,9,17H,5-6H2,1-4H3. The van der Waals surface area contributed by atoms with Gasteiger partial charge in [0.1, 0.15) is 5.01 Å². The molecule has 2 rings (SSSR count). The van der Waals surface area contributed by atoms with Crippen molar-refractivity contribution in [3.63, 3.8) is 0 Å². The van der Waals surface area contributed by atoms with Gasteiger partial charge in [0.2, 0.25) is 5.89 Å². The molecule has 0 spiro atoms. The third-order valence-corrected chi connectivity index (χ3v) is 3.82. The van der Waals surface area contributed by atoms with Gasteiger partial charge in [0.15, 0.2) is 5.82 Å². The number of nitrogens with zero attached hydrogens (tertiary/aromatic N) is 3. The molecule has 1 atom stereocenters. The first-order valence-electron chi connectivity index (χ1n) is 6.25. The molecule has 0 fully saturated rings. The highest BCUT2D eigenvalue weighted by molar-refractivity contribution is 7.09. The van der Waals surface area contributed by atoms with Crippen LogP contribution in [0, 0.1) is 12.3 Å². The van der Waals surface area contributed by atoms with Crippen molar-refractivity contribution in [2.45, 2.75) is 46.6 Å². The van der Waals surface area contributed by atoms with Crippen molar-refractivity contribution in [3.05, 3.63) is 27.8 Å². The van der Waals surface area contributed by atoms with Gasteiger partial charge in [0, 0.05) is 11.1 Å². The van der Waals surface area contributed by atoms with Gasteiger partial charge in [0.25, 0.3) is 0 Å². The van der Waals surface area contributed by atoms with Crippen LogP contribution in [0.4, 0.5) is 0 Å². The van der Waals surface area contributed by atoms with Gasteiger partial charge in [-0.1, -0.05) is 25.9 Å². The fourth-order valence-corrected chi connectivity index (χ4v) is 2.30. The van der Waals surface area contributed by atoms with E-state index >= 15 is 0 Å². The fraction of sp³-hybridized carbons (Fsp3) is 0.615. The van der Waals surface area contributed by atoms with Crippen LogP contribution in [0.15, 0.2) is 9.90 Å². The van der Waals surface area contributed by atoms with E-state index in [0.29, 0.717) is 24.6 Å². The van der Waals surface area contributed by atoms with Gasteiger partial charge in [-0.25, -0.2) is 4.98 Å². The van der Waals surface area contributed by atoms with Crippen LogP contribution < -0.4 is 0 Å². The van der Waals surface area contributed by atoms with Crippen LogP contribution >= 0.6 is 11.3 Å². The lowest BCUT2D eigenvalue weighted by molar-refractivity contribution is 0.0565. The second-order valence-electron chi connectivity index (χ2n) is 5.75. The van der Waals surface area contributed by atoms with E-state index in [-0.39, 0.29) is 5.41 Å². The van der Waals surface area contributed by atoms with Crippen LogP contribution in [-0.4, -0.2) is 26.3 Å². The molecular formula is C13H19N3O2S. The molecule has 104 valence electrons. The molecule has 2 heterocycles. The number of aryl methyl sites for hydroxylation is 1. The van der Waals surface area contributed by atoms with Crippen LogP contribution in [0.25, 0.3) is 0 Å². The smallest absolute Gasteiger partial charge is 0.229 e. The summed E-state index contributed by atoms with van der Waals surface area (Å²) in [5.41, 5.74) is 0.813. The zero-order chi connectivity index (χ0) is 14.0. The van der Waals surface area contributed by atoms with Crippen molar-refractivity contribution in [1.29, 1.82) is 0 Å². The summed E-state index contributed by atoms with van der Waals surface area (Å²) in [5.74, 6) is 1.09. The second-order valence-corrected chi connectivity index (χ2v) is 6.69. The van der Waals surface area contributed by atoms with Crippen molar-refractivity contribution < 1.29 is 9.63 Å². The third-order valence-electron chi connectivity index (χ3n) is 2.85. The maximum absolute atomic E-state index is 10.0. The lowest BCUT2D eigenvalue weighted by Gasteiger charge is -2.24. The first-order valence-corrected chi connectivity index (χ1v) is 7.13. The van der Waals surface area contributed by atoms with Crippen molar-refractivity contribution in [1.82, 2.24) is 15.1 Å². The van der Waals surface area contributed by atoms with E-state index in [0.717, 1.165) is 10.7 Å². The molecule has 6 heteroatoms. The van der Waals surface area contributed by atoms with Crippen molar-refractivity contribution >= 4 is 11.3 Å². The first-order chi connectivity index (χ1) is 8.84. The molecule has 1 N–H and O–H groups in total. The zero-order valence-corrected chi connectivity index (χ0v) is 12.5. The number of hydrogen-bond donors (Lipinski definition) is 1. The van der Waals surface area contributed by atoms with Gasteiger partial charge in [0.05, 0.1) is 18.9 Å². The minimum atomic E-state index is -0.497. The topological polar surface area (TPSA) is 72.0 Å². The second kappa shape index (κ2) is 5.38. The monoisotopic (exact) mass is 281 g/mol. The minimum Gasteiger partial charge on any atom is -0.392 e. The Balaban J connectivity index is 1.99. The fourth-order valence-electron chi connectivity index (χ4n) is 1.54. The maximum atomic E-state index is 10.0. The van der Waals surface area contributed by atoms with Gasteiger partial charge < -0.3 is 9.63 Å². The van der Waals surface area contributed by atoms with Crippen LogP contribution in [-0.2, 0) is 12.8 Å². The Hall–Kier alpha value is -1.27. The molecule has 0 bridgehead atoms. The molecule has 0 saturated carbocycles. The zero-order valence-electron chi connectivity index (χ0n) is 11.7. The van der Waals surface area contributed by atoms with Crippen LogP contribution in [0.3, 0.4) is 0 Å². The number of hydrogen-bond acceptors (Lipinski definition) is 6. The summed E-state index contributed by atoms with van der Waals surface area (Å²) in [4.78, 5) is 8.66. The third kappa shape index (κ3) is 3.84. The molecule has 1 unspecified atom stereocenters. The largest absolute Gasteiger partial charge is 0.392 e. The molecular weight excluding hydrogens is 262 g/mol. The lowest BCUT2D eigenvalue weighted by Crippen LogP contribution is -2.28. The molecule has 0 aliphatic rings. The number of aliphatic hydroxyl groups excluding tert-OH is 1. The number of aliphatic hydroxyl groups is 1. The molecule has 0 amide bonds. The highest BCUT2D eigenvalue weighted by atomic mass is 32.1. The summed E-state index contributed by atoms with van der Waals surface area (Å²) >= 11 is 1.59. The summed E-state index contributed by atoms with van der Waals surface area (Å²) in [6.07, 6.45) is 0.462. The van der Waals surface area contributed by atoms with Gasteiger partial charge in [-0.2, -0.15) is 4.98 Å².